The fourth-order valence-electron chi connectivity index (χ4n) is 2.88. The highest BCUT2D eigenvalue weighted by Crippen LogP contribution is 2.26. The molecule has 1 heterocycles. The topological polar surface area (TPSA) is 51.5 Å². The third kappa shape index (κ3) is 4.67. The van der Waals surface area contributed by atoms with Gasteiger partial charge in [-0.15, -0.1) is 0 Å². The zero-order valence-corrected chi connectivity index (χ0v) is 12.3. The highest BCUT2D eigenvalue weighted by atomic mass is 16.5. The Kier molecular flexibility index (Phi) is 6.12. The van der Waals surface area contributed by atoms with Crippen molar-refractivity contribution in [1.29, 1.82) is 0 Å². The quantitative estimate of drug-likeness (QED) is 0.777. The van der Waals surface area contributed by atoms with Crippen molar-refractivity contribution < 1.29 is 13.9 Å². The van der Waals surface area contributed by atoms with Gasteiger partial charge < -0.3 is 14.5 Å². The molecule has 1 aliphatic rings. The van der Waals surface area contributed by atoms with Crippen LogP contribution in [0.1, 0.15) is 61.3 Å². The molecule has 1 aromatic heterocycles. The minimum absolute atomic E-state index is 0.129. The van der Waals surface area contributed by atoms with Crippen molar-refractivity contribution in [2.45, 2.75) is 51.6 Å². The molecule has 0 saturated heterocycles. The van der Waals surface area contributed by atoms with Crippen LogP contribution in [0.3, 0.4) is 0 Å². The van der Waals surface area contributed by atoms with Crippen molar-refractivity contribution in [3.63, 3.8) is 0 Å². The lowest BCUT2D eigenvalue weighted by Crippen LogP contribution is -2.24. The van der Waals surface area contributed by atoms with Gasteiger partial charge in [0.25, 0.3) is 5.91 Å². The van der Waals surface area contributed by atoms with Gasteiger partial charge in [0.15, 0.2) is 5.76 Å². The number of ether oxygens (including phenoxy) is 1. The van der Waals surface area contributed by atoms with E-state index in [4.69, 9.17) is 9.15 Å². The maximum Gasteiger partial charge on any atom is 0.286 e. The van der Waals surface area contributed by atoms with E-state index in [0.717, 1.165) is 18.9 Å². The molecule has 1 amide bonds. The first-order chi connectivity index (χ1) is 9.79. The van der Waals surface area contributed by atoms with Crippen molar-refractivity contribution >= 4 is 5.91 Å². The van der Waals surface area contributed by atoms with Gasteiger partial charge in [0.1, 0.15) is 12.4 Å². The van der Waals surface area contributed by atoms with E-state index in [1.165, 1.54) is 38.5 Å². The molecule has 1 aliphatic carbocycles. The fraction of sp³-hybridized carbons (Fsp3) is 0.688. The molecule has 1 saturated carbocycles. The molecule has 4 nitrogen and oxygen atoms in total. The van der Waals surface area contributed by atoms with Crippen LogP contribution in [-0.4, -0.2) is 19.6 Å². The van der Waals surface area contributed by atoms with Crippen molar-refractivity contribution in [2.24, 2.45) is 5.92 Å². The molecule has 1 fully saturated rings. The zero-order valence-electron chi connectivity index (χ0n) is 12.3. The SMILES string of the molecule is COCc1ccc(C(=O)NCCCC2CCCCC2)o1. The molecule has 0 aromatic carbocycles. The first-order valence-electron chi connectivity index (χ1n) is 7.65. The standard InChI is InChI=1S/C16H25NO3/c1-19-12-14-9-10-15(20-14)16(18)17-11-5-8-13-6-3-2-4-7-13/h9-10,13H,2-8,11-12H2,1H3,(H,17,18). The Labute approximate surface area is 120 Å². The van der Waals surface area contributed by atoms with Crippen LogP contribution in [0.2, 0.25) is 0 Å². The van der Waals surface area contributed by atoms with Crippen LogP contribution in [0, 0.1) is 5.92 Å². The highest BCUT2D eigenvalue weighted by molar-refractivity contribution is 5.91. The van der Waals surface area contributed by atoms with E-state index in [0.29, 0.717) is 18.1 Å². The number of amides is 1. The summed E-state index contributed by atoms with van der Waals surface area (Å²) in [5.41, 5.74) is 0. The highest BCUT2D eigenvalue weighted by Gasteiger charge is 2.14. The predicted octanol–water partition coefficient (Wildman–Crippen LogP) is 3.52. The second kappa shape index (κ2) is 8.10. The van der Waals surface area contributed by atoms with Crippen LogP contribution >= 0.6 is 0 Å². The number of carbonyl (C=O) groups excluding carboxylic acids is 1. The number of nitrogens with one attached hydrogen (secondary N) is 1. The molecule has 1 N–H and O–H groups in total. The largest absolute Gasteiger partial charge is 0.453 e. The predicted molar refractivity (Wildman–Crippen MR) is 77.6 cm³/mol. The molecule has 0 spiro atoms. The minimum Gasteiger partial charge on any atom is -0.453 e. The molecule has 112 valence electrons. The van der Waals surface area contributed by atoms with E-state index in [2.05, 4.69) is 5.32 Å². The van der Waals surface area contributed by atoms with Crippen molar-refractivity contribution in [3.8, 4) is 0 Å². The minimum atomic E-state index is -0.129. The summed E-state index contributed by atoms with van der Waals surface area (Å²) < 4.78 is 10.4. The smallest absolute Gasteiger partial charge is 0.286 e. The summed E-state index contributed by atoms with van der Waals surface area (Å²) >= 11 is 0. The van der Waals surface area contributed by atoms with Crippen LogP contribution in [-0.2, 0) is 11.3 Å². The molecule has 2 rings (SSSR count). The lowest BCUT2D eigenvalue weighted by atomic mass is 9.86. The van der Waals surface area contributed by atoms with E-state index in [-0.39, 0.29) is 5.91 Å². The molecular formula is C16H25NO3. The van der Waals surface area contributed by atoms with Crippen LogP contribution in [0.15, 0.2) is 16.5 Å². The van der Waals surface area contributed by atoms with Gasteiger partial charge in [-0.05, 0) is 30.9 Å². The third-order valence-corrected chi connectivity index (χ3v) is 3.97. The molecule has 0 radical (unpaired) electrons. The molecule has 20 heavy (non-hydrogen) atoms. The maximum absolute atomic E-state index is 11.9. The van der Waals surface area contributed by atoms with Crippen molar-refractivity contribution in [2.75, 3.05) is 13.7 Å². The molecule has 0 unspecified atom stereocenters. The summed E-state index contributed by atoms with van der Waals surface area (Å²) in [6, 6.07) is 3.48. The summed E-state index contributed by atoms with van der Waals surface area (Å²) in [6.45, 7) is 1.13. The number of rotatable bonds is 7. The van der Waals surface area contributed by atoms with Crippen LogP contribution in [0.5, 0.6) is 0 Å². The number of hydrogen-bond acceptors (Lipinski definition) is 3. The van der Waals surface area contributed by atoms with Crippen molar-refractivity contribution in [1.82, 2.24) is 5.32 Å². The average Bonchev–Trinajstić information content (AvgIpc) is 2.94. The van der Waals surface area contributed by atoms with E-state index in [1.54, 1.807) is 19.2 Å². The number of hydrogen-bond donors (Lipinski definition) is 1. The maximum atomic E-state index is 11.9. The number of carbonyl (C=O) groups is 1. The van der Waals surface area contributed by atoms with Gasteiger partial charge in [-0.25, -0.2) is 0 Å². The Morgan fingerprint density at radius 2 is 2.15 bits per heavy atom. The summed E-state index contributed by atoms with van der Waals surface area (Å²) in [5.74, 6) is 1.79. The monoisotopic (exact) mass is 279 g/mol. The second-order valence-corrected chi connectivity index (χ2v) is 5.60. The molecule has 4 heteroatoms. The van der Waals surface area contributed by atoms with Gasteiger partial charge in [0.05, 0.1) is 0 Å². The van der Waals surface area contributed by atoms with Gasteiger partial charge in [0, 0.05) is 13.7 Å². The van der Waals surface area contributed by atoms with Crippen LogP contribution in [0.4, 0.5) is 0 Å². The van der Waals surface area contributed by atoms with Crippen molar-refractivity contribution in [3.05, 3.63) is 23.7 Å². The summed E-state index contributed by atoms with van der Waals surface area (Å²) in [5, 5.41) is 2.92. The Balaban J connectivity index is 1.63. The zero-order chi connectivity index (χ0) is 14.2. The summed E-state index contributed by atoms with van der Waals surface area (Å²) in [6.07, 6.45) is 9.18. The fourth-order valence-corrected chi connectivity index (χ4v) is 2.88. The van der Waals surface area contributed by atoms with Gasteiger partial charge >= 0.3 is 0 Å². The van der Waals surface area contributed by atoms with Crippen LogP contribution < -0.4 is 5.32 Å². The average molecular weight is 279 g/mol. The molecule has 0 aliphatic heterocycles. The van der Waals surface area contributed by atoms with E-state index < -0.39 is 0 Å². The number of furan rings is 1. The van der Waals surface area contributed by atoms with Gasteiger partial charge in [0.2, 0.25) is 0 Å². The van der Waals surface area contributed by atoms with E-state index >= 15 is 0 Å². The summed E-state index contributed by atoms with van der Waals surface area (Å²) in [4.78, 5) is 11.9. The van der Waals surface area contributed by atoms with Gasteiger partial charge in [-0.1, -0.05) is 32.1 Å². The second-order valence-electron chi connectivity index (χ2n) is 5.60. The first-order valence-corrected chi connectivity index (χ1v) is 7.65. The number of methoxy groups -OCH3 is 1. The molecule has 0 atom stereocenters. The van der Waals surface area contributed by atoms with Gasteiger partial charge in [-0.2, -0.15) is 0 Å². The van der Waals surface area contributed by atoms with Crippen LogP contribution in [0.25, 0.3) is 0 Å². The Morgan fingerprint density at radius 1 is 1.35 bits per heavy atom. The Morgan fingerprint density at radius 3 is 2.90 bits per heavy atom. The summed E-state index contributed by atoms with van der Waals surface area (Å²) in [7, 11) is 1.60. The van der Waals surface area contributed by atoms with E-state index in [1.807, 2.05) is 0 Å². The van der Waals surface area contributed by atoms with Gasteiger partial charge in [-0.3, -0.25) is 4.79 Å². The van der Waals surface area contributed by atoms with E-state index in [9.17, 15) is 4.79 Å². The Bertz CT molecular complexity index is 408. The molecular weight excluding hydrogens is 254 g/mol. The molecule has 1 aromatic rings. The normalized spacial score (nSPS) is 16.2. The lowest BCUT2D eigenvalue weighted by Gasteiger charge is -2.21. The molecule has 0 bridgehead atoms. The third-order valence-electron chi connectivity index (χ3n) is 3.97. The Hall–Kier alpha value is -1.29. The lowest BCUT2D eigenvalue weighted by molar-refractivity contribution is 0.0915. The first kappa shape index (κ1) is 15.1.